The molecule has 1 heterocycles. The normalized spacial score (nSPS) is 16.2. The Morgan fingerprint density at radius 1 is 1.12 bits per heavy atom. The predicted octanol–water partition coefficient (Wildman–Crippen LogP) is 4.90. The number of amides is 1. The van der Waals surface area contributed by atoms with Crippen LogP contribution in [-0.2, 0) is 17.1 Å². The van der Waals surface area contributed by atoms with E-state index >= 15 is 0 Å². The number of benzene rings is 2. The van der Waals surface area contributed by atoms with Crippen molar-refractivity contribution in [2.75, 3.05) is 7.05 Å². The summed E-state index contributed by atoms with van der Waals surface area (Å²) in [4.78, 5) is 17.8. The number of carbonyl (C=O) groups is 1. The third kappa shape index (κ3) is 4.29. The number of thiazole rings is 1. The highest BCUT2D eigenvalue weighted by Crippen LogP contribution is 2.28. The number of hydrogen-bond donors (Lipinski definition) is 0. The lowest BCUT2D eigenvalue weighted by Crippen LogP contribution is -2.38. The molecule has 32 heavy (non-hydrogen) atoms. The van der Waals surface area contributed by atoms with Gasteiger partial charge in [0.05, 0.1) is 15.1 Å². The van der Waals surface area contributed by atoms with E-state index in [1.165, 1.54) is 39.9 Å². The topological polar surface area (TPSA) is 71.7 Å². The van der Waals surface area contributed by atoms with Gasteiger partial charge in [-0.1, -0.05) is 42.2 Å². The van der Waals surface area contributed by atoms with Gasteiger partial charge >= 0.3 is 0 Å². The number of sulfonamides is 1. The molecule has 3 aromatic rings. The average Bonchev–Trinajstić information content (AvgIpc) is 3.12. The first-order chi connectivity index (χ1) is 15.2. The number of rotatable bonds is 4. The van der Waals surface area contributed by atoms with Crippen LogP contribution >= 0.6 is 22.9 Å². The molecule has 0 bridgehead atoms. The fourth-order valence-electron chi connectivity index (χ4n) is 4.24. The molecular weight excluding hydrogens is 466 g/mol. The van der Waals surface area contributed by atoms with Gasteiger partial charge in [-0.05, 0) is 61.7 Å². The second-order valence-electron chi connectivity index (χ2n) is 8.22. The van der Waals surface area contributed by atoms with Crippen LogP contribution < -0.4 is 4.80 Å². The standard InChI is InChI=1S/C23H26ClN3O3S2/c1-15-19(24)13-14-20-21(15)26(2)23(31-20)25-22(28)16-9-11-18(12-10-16)32(29,30)27(3)17-7-5-4-6-8-17/h9-14,17H,4-8H2,1-3H3. The Hall–Kier alpha value is -2.00. The SMILES string of the molecule is Cc1c(Cl)ccc2sc(=NC(=O)c3ccc(S(=O)(=O)N(C)C4CCCCC4)cc3)n(C)c12. The summed E-state index contributed by atoms with van der Waals surface area (Å²) < 4.78 is 30.4. The highest BCUT2D eigenvalue weighted by Gasteiger charge is 2.29. The highest BCUT2D eigenvalue weighted by molar-refractivity contribution is 7.89. The van der Waals surface area contributed by atoms with Crippen LogP contribution in [0.1, 0.15) is 48.0 Å². The van der Waals surface area contributed by atoms with Gasteiger partial charge in [0.2, 0.25) is 10.0 Å². The van der Waals surface area contributed by atoms with E-state index in [0.29, 0.717) is 15.4 Å². The summed E-state index contributed by atoms with van der Waals surface area (Å²) in [5.41, 5.74) is 2.23. The summed E-state index contributed by atoms with van der Waals surface area (Å²) in [7, 11) is -0.0955. The molecule has 0 N–H and O–H groups in total. The minimum atomic E-state index is -3.60. The number of nitrogens with zero attached hydrogens (tertiary/aromatic N) is 3. The Morgan fingerprint density at radius 2 is 1.78 bits per heavy atom. The summed E-state index contributed by atoms with van der Waals surface area (Å²) >= 11 is 7.65. The van der Waals surface area contributed by atoms with Gasteiger partial charge in [-0.3, -0.25) is 4.79 Å². The van der Waals surface area contributed by atoms with Crippen molar-refractivity contribution in [1.29, 1.82) is 0 Å². The molecule has 0 atom stereocenters. The third-order valence-corrected chi connectivity index (χ3v) is 9.65. The Balaban J connectivity index is 1.61. The van der Waals surface area contributed by atoms with Crippen LogP contribution in [0.15, 0.2) is 46.3 Å². The van der Waals surface area contributed by atoms with Crippen molar-refractivity contribution >= 4 is 49.1 Å². The second kappa shape index (κ2) is 9.09. The molecule has 1 fully saturated rings. The van der Waals surface area contributed by atoms with Crippen LogP contribution in [0.2, 0.25) is 5.02 Å². The van der Waals surface area contributed by atoms with E-state index in [1.807, 2.05) is 30.7 Å². The third-order valence-electron chi connectivity index (χ3n) is 6.22. The van der Waals surface area contributed by atoms with Crippen molar-refractivity contribution in [3.8, 4) is 0 Å². The Kier molecular flexibility index (Phi) is 6.58. The van der Waals surface area contributed by atoms with Gasteiger partial charge in [-0.2, -0.15) is 9.30 Å². The Labute approximate surface area is 197 Å². The first-order valence-corrected chi connectivity index (χ1v) is 13.3. The van der Waals surface area contributed by atoms with E-state index in [2.05, 4.69) is 4.99 Å². The summed E-state index contributed by atoms with van der Waals surface area (Å²) in [6, 6.07) is 9.84. The molecule has 2 aromatic carbocycles. The zero-order valence-corrected chi connectivity index (χ0v) is 20.7. The first-order valence-electron chi connectivity index (χ1n) is 10.6. The molecule has 0 unspecified atom stereocenters. The highest BCUT2D eigenvalue weighted by atomic mass is 35.5. The quantitative estimate of drug-likeness (QED) is 0.521. The lowest BCUT2D eigenvalue weighted by molar-refractivity contribution is 0.0998. The molecule has 1 aromatic heterocycles. The smallest absolute Gasteiger partial charge is 0.279 e. The molecular formula is C23H26ClN3O3S2. The number of aryl methyl sites for hydroxylation is 2. The molecule has 170 valence electrons. The number of aromatic nitrogens is 1. The van der Waals surface area contributed by atoms with Gasteiger partial charge in [0.25, 0.3) is 5.91 Å². The van der Waals surface area contributed by atoms with Gasteiger partial charge in [0.15, 0.2) is 4.80 Å². The lowest BCUT2D eigenvalue weighted by atomic mass is 9.96. The van der Waals surface area contributed by atoms with Gasteiger partial charge in [-0.25, -0.2) is 8.42 Å². The van der Waals surface area contributed by atoms with Gasteiger partial charge in [-0.15, -0.1) is 0 Å². The minimum absolute atomic E-state index is 0.0370. The molecule has 0 radical (unpaired) electrons. The molecule has 4 rings (SSSR count). The van der Waals surface area contributed by atoms with Crippen molar-refractivity contribution < 1.29 is 13.2 Å². The van der Waals surface area contributed by atoms with E-state index in [9.17, 15) is 13.2 Å². The van der Waals surface area contributed by atoms with Crippen LogP contribution in [0.5, 0.6) is 0 Å². The van der Waals surface area contributed by atoms with E-state index in [-0.39, 0.29) is 10.9 Å². The van der Waals surface area contributed by atoms with Gasteiger partial charge in [0.1, 0.15) is 0 Å². The molecule has 6 nitrogen and oxygen atoms in total. The van der Waals surface area contributed by atoms with Gasteiger partial charge in [0, 0.05) is 30.7 Å². The molecule has 9 heteroatoms. The molecule has 1 amide bonds. The number of halogens is 1. The summed E-state index contributed by atoms with van der Waals surface area (Å²) in [5, 5.41) is 0.666. The maximum Gasteiger partial charge on any atom is 0.279 e. The van der Waals surface area contributed by atoms with Crippen molar-refractivity contribution in [2.24, 2.45) is 12.0 Å². The van der Waals surface area contributed by atoms with Gasteiger partial charge < -0.3 is 4.57 Å². The molecule has 1 aliphatic rings. The number of carbonyl (C=O) groups excluding carboxylic acids is 1. The van der Waals surface area contributed by atoms with Crippen LogP contribution in [0.3, 0.4) is 0 Å². The fraction of sp³-hybridized carbons (Fsp3) is 0.391. The number of hydrogen-bond acceptors (Lipinski definition) is 4. The Morgan fingerprint density at radius 3 is 2.44 bits per heavy atom. The van der Waals surface area contributed by atoms with Crippen LogP contribution in [0.25, 0.3) is 10.2 Å². The molecule has 1 aliphatic carbocycles. The maximum atomic E-state index is 13.0. The zero-order chi connectivity index (χ0) is 23.0. The Bertz CT molecular complexity index is 1340. The van der Waals surface area contributed by atoms with Crippen LogP contribution in [-0.4, -0.2) is 36.3 Å². The molecule has 0 saturated heterocycles. The first kappa shape index (κ1) is 23.2. The zero-order valence-electron chi connectivity index (χ0n) is 18.3. The van der Waals surface area contributed by atoms with E-state index in [4.69, 9.17) is 11.6 Å². The molecule has 0 spiro atoms. The fourth-order valence-corrected chi connectivity index (χ4v) is 6.88. The van der Waals surface area contributed by atoms with Crippen LogP contribution in [0.4, 0.5) is 0 Å². The predicted molar refractivity (Wildman–Crippen MR) is 129 cm³/mol. The molecule has 1 saturated carbocycles. The summed E-state index contributed by atoms with van der Waals surface area (Å²) in [6.07, 6.45) is 5.06. The minimum Gasteiger partial charge on any atom is -0.319 e. The summed E-state index contributed by atoms with van der Waals surface area (Å²) in [6.45, 7) is 1.94. The molecule has 0 aliphatic heterocycles. The monoisotopic (exact) mass is 491 g/mol. The summed E-state index contributed by atoms with van der Waals surface area (Å²) in [5.74, 6) is -0.416. The van der Waals surface area contributed by atoms with E-state index in [1.54, 1.807) is 7.05 Å². The van der Waals surface area contributed by atoms with Crippen molar-refractivity contribution in [1.82, 2.24) is 8.87 Å². The van der Waals surface area contributed by atoms with Crippen LogP contribution in [0, 0.1) is 6.92 Å². The van der Waals surface area contributed by atoms with Crippen molar-refractivity contribution in [2.45, 2.75) is 50.0 Å². The van der Waals surface area contributed by atoms with E-state index in [0.717, 1.165) is 47.9 Å². The largest absolute Gasteiger partial charge is 0.319 e. The average molecular weight is 492 g/mol. The second-order valence-corrected chi connectivity index (χ2v) is 11.6. The number of fused-ring (bicyclic) bond motifs is 1. The lowest BCUT2D eigenvalue weighted by Gasteiger charge is -2.30. The van der Waals surface area contributed by atoms with Crippen molar-refractivity contribution in [3.05, 3.63) is 57.3 Å². The maximum absolute atomic E-state index is 13.0. The van der Waals surface area contributed by atoms with Crippen molar-refractivity contribution in [3.63, 3.8) is 0 Å². The van der Waals surface area contributed by atoms with E-state index < -0.39 is 15.9 Å².